The van der Waals surface area contributed by atoms with Crippen molar-refractivity contribution in [1.29, 1.82) is 0 Å². The van der Waals surface area contributed by atoms with Crippen molar-refractivity contribution in [3.8, 4) is 24.0 Å². The summed E-state index contributed by atoms with van der Waals surface area (Å²) in [6, 6.07) is 35.2. The largest absolute Gasteiger partial charge is 0.317 e. The molecule has 0 aromatic heterocycles. The van der Waals surface area contributed by atoms with Crippen LogP contribution in [0.5, 0.6) is 0 Å². The molecule has 0 unspecified atom stereocenters. The van der Waals surface area contributed by atoms with E-state index in [-0.39, 0.29) is 0 Å². The number of hydrogen-bond donors (Lipinski definition) is 0. The van der Waals surface area contributed by atoms with Gasteiger partial charge in [-0.05, 0) is 123 Å². The maximum atomic E-state index is 4.03. The fourth-order valence-corrected chi connectivity index (χ4v) is 6.43. The number of fused-ring (bicyclic) bond motifs is 1. The minimum atomic E-state index is 1.05. The second-order valence-corrected chi connectivity index (χ2v) is 12.3. The Labute approximate surface area is 312 Å². The zero-order chi connectivity index (χ0) is 37.5. The molecule has 5 rings (SSSR count). The first-order valence-corrected chi connectivity index (χ1v) is 17.7. The minimum absolute atomic E-state index is 1.05. The molecule has 0 bridgehead atoms. The molecule has 0 aliphatic heterocycles. The molecule has 0 aliphatic rings. The molecule has 0 fully saturated rings. The van der Waals surface area contributed by atoms with Crippen LogP contribution in [0.4, 0.5) is 22.7 Å². The van der Waals surface area contributed by atoms with Gasteiger partial charge in [0.15, 0.2) is 0 Å². The first-order valence-electron chi connectivity index (χ1n) is 17.7. The predicted octanol–water partition coefficient (Wildman–Crippen LogP) is 14.3. The van der Waals surface area contributed by atoms with Gasteiger partial charge in [-0.3, -0.25) is 0 Å². The molecule has 0 saturated heterocycles. The molecule has 0 aliphatic carbocycles. The van der Waals surface area contributed by atoms with Gasteiger partial charge in [-0.15, -0.1) is 12.8 Å². The Balaban J connectivity index is 0.00000297. The Morgan fingerprint density at radius 2 is 1.23 bits per heavy atom. The van der Waals surface area contributed by atoms with Crippen LogP contribution in [-0.4, -0.2) is 0 Å². The predicted molar refractivity (Wildman–Crippen MR) is 232 cm³/mol. The highest BCUT2D eigenvalue weighted by Gasteiger charge is 2.19. The summed E-state index contributed by atoms with van der Waals surface area (Å²) in [5, 5.41) is 2.43. The van der Waals surface area contributed by atoms with Gasteiger partial charge in [0.2, 0.25) is 0 Å². The fourth-order valence-electron chi connectivity index (χ4n) is 6.43. The van der Waals surface area contributed by atoms with Crippen molar-refractivity contribution in [3.63, 3.8) is 0 Å². The Morgan fingerprint density at radius 1 is 0.615 bits per heavy atom. The highest BCUT2D eigenvalue weighted by molar-refractivity contribution is 5.99. The molecular formula is C50H50N2. The molecule has 0 radical (unpaired) electrons. The molecule has 0 atom stereocenters. The number of rotatable bonds is 12. The third-order valence-corrected chi connectivity index (χ3v) is 8.84. The summed E-state index contributed by atoms with van der Waals surface area (Å²) in [5.41, 5.74) is 12.8. The van der Waals surface area contributed by atoms with Gasteiger partial charge in [0, 0.05) is 28.7 Å². The van der Waals surface area contributed by atoms with E-state index < -0.39 is 0 Å². The maximum Gasteiger partial charge on any atom is 0.0569 e. The van der Waals surface area contributed by atoms with E-state index in [1.165, 1.54) is 44.4 Å². The Morgan fingerprint density at radius 3 is 1.87 bits per heavy atom. The average molecular weight is 679 g/mol. The molecule has 5 aromatic rings. The lowest BCUT2D eigenvalue weighted by Crippen LogP contribution is -2.16. The summed E-state index contributed by atoms with van der Waals surface area (Å²) in [7, 11) is 0. The normalized spacial score (nSPS) is 12.0. The number of benzene rings is 5. The van der Waals surface area contributed by atoms with E-state index in [0.717, 1.165) is 28.2 Å². The average Bonchev–Trinajstić information content (AvgIpc) is 3.17. The first kappa shape index (κ1) is 38.5. The molecule has 5 aromatic carbocycles. The second-order valence-electron chi connectivity index (χ2n) is 12.3. The van der Waals surface area contributed by atoms with E-state index in [4.69, 9.17) is 0 Å². The van der Waals surface area contributed by atoms with Gasteiger partial charge in [0.25, 0.3) is 0 Å². The lowest BCUT2D eigenvalue weighted by Gasteiger charge is -2.29. The fraction of sp³-hybridized carbons (Fsp3) is 0.120. The SMILES string of the molecule is C#C.C=C/C=C(\C=C/C)N(c1ccc(-c2ccc(N(/C=C/C=C\C=C/C)c3c(C)ccc(/C=C\C)c3C)cc2)cc1)c1c(C)ccc2ccccc12. The third kappa shape index (κ3) is 8.88. The highest BCUT2D eigenvalue weighted by atomic mass is 15.2. The molecule has 0 spiro atoms. The summed E-state index contributed by atoms with van der Waals surface area (Å²) in [5.74, 6) is 0. The monoisotopic (exact) mass is 678 g/mol. The molecule has 2 nitrogen and oxygen atoms in total. The summed E-state index contributed by atoms with van der Waals surface area (Å²) >= 11 is 0. The van der Waals surface area contributed by atoms with Crippen LogP contribution in [-0.2, 0) is 0 Å². The first-order chi connectivity index (χ1) is 25.4. The third-order valence-electron chi connectivity index (χ3n) is 8.84. The van der Waals surface area contributed by atoms with Crippen molar-refractivity contribution in [2.75, 3.05) is 9.80 Å². The number of terminal acetylenes is 1. The van der Waals surface area contributed by atoms with Crippen LogP contribution in [0.25, 0.3) is 28.0 Å². The summed E-state index contributed by atoms with van der Waals surface area (Å²) in [6.07, 6.45) is 32.9. The highest BCUT2D eigenvalue weighted by Crippen LogP contribution is 2.40. The second kappa shape index (κ2) is 19.2. The van der Waals surface area contributed by atoms with E-state index in [2.05, 4.69) is 216 Å². The van der Waals surface area contributed by atoms with E-state index in [1.54, 1.807) is 0 Å². The van der Waals surface area contributed by atoms with Crippen LogP contribution in [0.2, 0.25) is 0 Å². The summed E-state index contributed by atoms with van der Waals surface area (Å²) in [6.45, 7) is 16.7. The lowest BCUT2D eigenvalue weighted by molar-refractivity contribution is 1.20. The maximum absolute atomic E-state index is 4.03. The number of hydrogen-bond acceptors (Lipinski definition) is 2. The number of aryl methyl sites for hydroxylation is 2. The molecule has 0 saturated carbocycles. The molecule has 52 heavy (non-hydrogen) atoms. The molecule has 0 amide bonds. The zero-order valence-corrected chi connectivity index (χ0v) is 31.4. The topological polar surface area (TPSA) is 6.48 Å². The molecule has 2 heteroatoms. The smallest absolute Gasteiger partial charge is 0.0569 e. The van der Waals surface area contributed by atoms with E-state index >= 15 is 0 Å². The van der Waals surface area contributed by atoms with Gasteiger partial charge < -0.3 is 9.80 Å². The van der Waals surface area contributed by atoms with Crippen molar-refractivity contribution in [2.45, 2.75) is 41.5 Å². The van der Waals surface area contributed by atoms with Crippen LogP contribution in [0.3, 0.4) is 0 Å². The van der Waals surface area contributed by atoms with Gasteiger partial charge in [-0.1, -0.05) is 128 Å². The van der Waals surface area contributed by atoms with Crippen LogP contribution in [0.15, 0.2) is 176 Å². The van der Waals surface area contributed by atoms with Crippen LogP contribution >= 0.6 is 0 Å². The van der Waals surface area contributed by atoms with Gasteiger partial charge in [-0.25, -0.2) is 0 Å². The Hall–Kier alpha value is -6.30. The number of anilines is 4. The molecule has 260 valence electrons. The van der Waals surface area contributed by atoms with Crippen LogP contribution in [0.1, 0.15) is 43.0 Å². The number of allylic oxidation sites excluding steroid dienone is 10. The van der Waals surface area contributed by atoms with Gasteiger partial charge >= 0.3 is 0 Å². The Kier molecular flexibility index (Phi) is 14.2. The zero-order valence-electron chi connectivity index (χ0n) is 31.4. The van der Waals surface area contributed by atoms with Crippen molar-refractivity contribution in [1.82, 2.24) is 0 Å². The van der Waals surface area contributed by atoms with E-state index in [9.17, 15) is 0 Å². The van der Waals surface area contributed by atoms with Crippen molar-refractivity contribution in [2.24, 2.45) is 0 Å². The quantitative estimate of drug-likeness (QED) is 0.0957. The van der Waals surface area contributed by atoms with Crippen molar-refractivity contribution >= 4 is 39.6 Å². The minimum Gasteiger partial charge on any atom is -0.317 e. The van der Waals surface area contributed by atoms with Crippen molar-refractivity contribution in [3.05, 3.63) is 199 Å². The van der Waals surface area contributed by atoms with Crippen molar-refractivity contribution < 1.29 is 0 Å². The van der Waals surface area contributed by atoms with Gasteiger partial charge in [0.1, 0.15) is 0 Å². The standard InChI is InChI=1S/C48H48N2.C2H2/c1-8-12-13-14-17-35-49(47-36(5)23-25-39(18-9-2)38(47)7)43-31-27-40(28-32-43)41-29-33-45(34-30-41)50(44(19-10-3)20-11-4)48-37(6)24-26-42-21-15-16-22-46(42)48;1-2/h8-35H,3H2,1-2,4-7H3;1-2H/b12-8-,14-13-,18-9-,20-11-,35-17+,44-19+;. The van der Waals surface area contributed by atoms with Gasteiger partial charge in [0.05, 0.1) is 11.4 Å². The molecule has 0 heterocycles. The lowest BCUT2D eigenvalue weighted by atomic mass is 9.99. The summed E-state index contributed by atoms with van der Waals surface area (Å²) in [4.78, 5) is 4.64. The van der Waals surface area contributed by atoms with E-state index in [1.807, 2.05) is 25.2 Å². The number of nitrogens with zero attached hydrogens (tertiary/aromatic N) is 2. The summed E-state index contributed by atoms with van der Waals surface area (Å²) < 4.78 is 0. The van der Waals surface area contributed by atoms with E-state index in [0.29, 0.717) is 0 Å². The van der Waals surface area contributed by atoms with Crippen LogP contribution < -0.4 is 9.80 Å². The van der Waals surface area contributed by atoms with Crippen LogP contribution in [0, 0.1) is 33.6 Å². The Bertz CT molecular complexity index is 2160. The molecular weight excluding hydrogens is 629 g/mol. The van der Waals surface area contributed by atoms with Gasteiger partial charge in [-0.2, -0.15) is 0 Å². The molecule has 0 N–H and O–H groups in total.